The Morgan fingerprint density at radius 3 is 2.43 bits per heavy atom. The molecular formula is C5H10NO. The Balaban J connectivity index is 3.29. The van der Waals surface area contributed by atoms with Crippen molar-refractivity contribution in [3.05, 3.63) is 6.42 Å². The van der Waals surface area contributed by atoms with E-state index in [9.17, 15) is 0 Å². The molecule has 2 nitrogen and oxygen atoms in total. The van der Waals surface area contributed by atoms with E-state index in [1.807, 2.05) is 20.3 Å². The number of nitrogens with zero attached hydrogens (tertiary/aromatic N) is 1. The van der Waals surface area contributed by atoms with E-state index in [1.54, 1.807) is 0 Å². The van der Waals surface area contributed by atoms with Crippen molar-refractivity contribution < 1.29 is 4.84 Å². The molecule has 0 amide bonds. The van der Waals surface area contributed by atoms with E-state index in [1.165, 1.54) is 7.11 Å². The fraction of sp³-hybridized carbons (Fsp3) is 0.600. The summed E-state index contributed by atoms with van der Waals surface area (Å²) >= 11 is 0. The Hall–Kier alpha value is -0.530. The van der Waals surface area contributed by atoms with Crippen LogP contribution in [0.3, 0.4) is 0 Å². The highest BCUT2D eigenvalue weighted by Crippen LogP contribution is 1.80. The largest absolute Gasteiger partial charge is 0.399 e. The van der Waals surface area contributed by atoms with Gasteiger partial charge in [-0.2, -0.15) is 0 Å². The minimum absolute atomic E-state index is 0.905. The summed E-state index contributed by atoms with van der Waals surface area (Å²) in [5, 5.41) is 3.60. The molecule has 0 fully saturated rings. The van der Waals surface area contributed by atoms with Crippen molar-refractivity contribution in [3.63, 3.8) is 0 Å². The quantitative estimate of drug-likeness (QED) is 0.378. The second kappa shape index (κ2) is 3.65. The summed E-state index contributed by atoms with van der Waals surface area (Å²) in [6.45, 7) is 3.79. The summed E-state index contributed by atoms with van der Waals surface area (Å²) in [6.07, 6.45) is 1.88. The van der Waals surface area contributed by atoms with Crippen LogP contribution in [-0.2, 0) is 4.84 Å². The lowest BCUT2D eigenvalue weighted by atomic mass is 10.3. The van der Waals surface area contributed by atoms with Crippen molar-refractivity contribution in [1.82, 2.24) is 0 Å². The topological polar surface area (TPSA) is 21.6 Å². The molecule has 0 aromatic heterocycles. The van der Waals surface area contributed by atoms with E-state index in [0.29, 0.717) is 0 Å². The Morgan fingerprint density at radius 2 is 2.29 bits per heavy atom. The van der Waals surface area contributed by atoms with Crippen molar-refractivity contribution in [2.75, 3.05) is 7.11 Å². The smallest absolute Gasteiger partial charge is 0.106 e. The molecule has 0 heterocycles. The van der Waals surface area contributed by atoms with Gasteiger partial charge in [-0.25, -0.2) is 0 Å². The zero-order chi connectivity index (χ0) is 5.70. The minimum atomic E-state index is 0.905. The first-order chi connectivity index (χ1) is 3.31. The molecule has 0 unspecified atom stereocenters. The summed E-state index contributed by atoms with van der Waals surface area (Å²) in [5.74, 6) is 0. The SMILES string of the molecule is C[CH]C(C)=NOC. The minimum Gasteiger partial charge on any atom is -0.399 e. The lowest BCUT2D eigenvalue weighted by Gasteiger charge is -1.88. The molecule has 0 rings (SSSR count). The summed E-state index contributed by atoms with van der Waals surface area (Å²) < 4.78 is 0. The van der Waals surface area contributed by atoms with Gasteiger partial charge >= 0.3 is 0 Å². The monoisotopic (exact) mass is 100 g/mol. The van der Waals surface area contributed by atoms with Gasteiger partial charge in [0, 0.05) is 6.42 Å². The van der Waals surface area contributed by atoms with Crippen LogP contribution >= 0.6 is 0 Å². The molecule has 0 aromatic rings. The lowest BCUT2D eigenvalue weighted by molar-refractivity contribution is 0.213. The third-order valence-electron chi connectivity index (χ3n) is 0.653. The molecule has 0 aliphatic rings. The van der Waals surface area contributed by atoms with Gasteiger partial charge in [0.25, 0.3) is 0 Å². The third-order valence-corrected chi connectivity index (χ3v) is 0.653. The van der Waals surface area contributed by atoms with Crippen LogP contribution in [0.4, 0.5) is 0 Å². The molecule has 2 heteroatoms. The first-order valence-corrected chi connectivity index (χ1v) is 2.18. The van der Waals surface area contributed by atoms with Crippen LogP contribution in [-0.4, -0.2) is 12.8 Å². The number of hydrogen-bond acceptors (Lipinski definition) is 2. The molecule has 0 saturated carbocycles. The predicted octanol–water partition coefficient (Wildman–Crippen LogP) is 1.23. The van der Waals surface area contributed by atoms with Gasteiger partial charge in [0.1, 0.15) is 7.11 Å². The van der Waals surface area contributed by atoms with E-state index in [4.69, 9.17) is 0 Å². The molecule has 0 aliphatic heterocycles. The summed E-state index contributed by atoms with van der Waals surface area (Å²) in [4.78, 5) is 4.45. The van der Waals surface area contributed by atoms with Gasteiger partial charge in [0.05, 0.1) is 5.71 Å². The first-order valence-electron chi connectivity index (χ1n) is 2.18. The Labute approximate surface area is 44.2 Å². The van der Waals surface area contributed by atoms with Crippen molar-refractivity contribution >= 4 is 5.71 Å². The average Bonchev–Trinajstić information content (AvgIpc) is 1.68. The second-order valence-corrected chi connectivity index (χ2v) is 1.20. The fourth-order valence-electron chi connectivity index (χ4n) is 0.197. The molecule has 7 heavy (non-hydrogen) atoms. The molecule has 0 aliphatic carbocycles. The number of rotatable bonds is 2. The lowest BCUT2D eigenvalue weighted by Crippen LogP contribution is -1.87. The Bertz CT molecular complexity index is 68.5. The summed E-state index contributed by atoms with van der Waals surface area (Å²) in [5.41, 5.74) is 0.905. The number of oxime groups is 1. The molecule has 0 atom stereocenters. The van der Waals surface area contributed by atoms with E-state index in [2.05, 4.69) is 9.99 Å². The highest BCUT2D eigenvalue weighted by atomic mass is 16.6. The van der Waals surface area contributed by atoms with E-state index < -0.39 is 0 Å². The van der Waals surface area contributed by atoms with Gasteiger partial charge in [-0.15, -0.1) is 0 Å². The molecule has 0 N–H and O–H groups in total. The second-order valence-electron chi connectivity index (χ2n) is 1.20. The normalized spacial score (nSPS) is 11.6. The van der Waals surface area contributed by atoms with Crippen LogP contribution < -0.4 is 0 Å². The Morgan fingerprint density at radius 1 is 1.71 bits per heavy atom. The molecule has 1 radical (unpaired) electrons. The maximum absolute atomic E-state index is 4.45. The maximum atomic E-state index is 4.45. The zero-order valence-electron chi connectivity index (χ0n) is 4.93. The van der Waals surface area contributed by atoms with Crippen LogP contribution in [0.1, 0.15) is 13.8 Å². The van der Waals surface area contributed by atoms with E-state index >= 15 is 0 Å². The van der Waals surface area contributed by atoms with E-state index in [-0.39, 0.29) is 0 Å². The van der Waals surface area contributed by atoms with Crippen molar-refractivity contribution in [1.29, 1.82) is 0 Å². The van der Waals surface area contributed by atoms with Gasteiger partial charge in [0.2, 0.25) is 0 Å². The van der Waals surface area contributed by atoms with Gasteiger partial charge < -0.3 is 4.84 Å². The predicted molar refractivity (Wildman–Crippen MR) is 30.1 cm³/mol. The highest BCUT2D eigenvalue weighted by molar-refractivity contribution is 5.88. The first kappa shape index (κ1) is 6.47. The molecule has 0 bridgehead atoms. The average molecular weight is 100 g/mol. The Kier molecular flexibility index (Phi) is 3.38. The molecule has 41 valence electrons. The molecule has 0 aromatic carbocycles. The van der Waals surface area contributed by atoms with Crippen LogP contribution in [0.2, 0.25) is 0 Å². The zero-order valence-corrected chi connectivity index (χ0v) is 4.93. The van der Waals surface area contributed by atoms with Crippen LogP contribution in [0.15, 0.2) is 5.16 Å². The van der Waals surface area contributed by atoms with Crippen LogP contribution in [0, 0.1) is 6.42 Å². The molecule has 0 saturated heterocycles. The van der Waals surface area contributed by atoms with Gasteiger partial charge in [-0.3, -0.25) is 0 Å². The van der Waals surface area contributed by atoms with Crippen molar-refractivity contribution in [3.8, 4) is 0 Å². The summed E-state index contributed by atoms with van der Waals surface area (Å²) in [7, 11) is 1.53. The van der Waals surface area contributed by atoms with Crippen molar-refractivity contribution in [2.45, 2.75) is 13.8 Å². The fourth-order valence-corrected chi connectivity index (χ4v) is 0.197. The number of hydrogen-bond donors (Lipinski definition) is 0. The maximum Gasteiger partial charge on any atom is 0.106 e. The van der Waals surface area contributed by atoms with Crippen LogP contribution in [0.5, 0.6) is 0 Å². The molecule has 0 spiro atoms. The van der Waals surface area contributed by atoms with Crippen molar-refractivity contribution in [2.24, 2.45) is 5.16 Å². The highest BCUT2D eigenvalue weighted by Gasteiger charge is 1.80. The van der Waals surface area contributed by atoms with Crippen LogP contribution in [0.25, 0.3) is 0 Å². The van der Waals surface area contributed by atoms with Gasteiger partial charge in [0.15, 0.2) is 0 Å². The molecular weight excluding hydrogens is 90.1 g/mol. The summed E-state index contributed by atoms with van der Waals surface area (Å²) in [6, 6.07) is 0. The van der Waals surface area contributed by atoms with E-state index in [0.717, 1.165) is 5.71 Å². The van der Waals surface area contributed by atoms with Gasteiger partial charge in [-0.1, -0.05) is 12.1 Å². The van der Waals surface area contributed by atoms with Gasteiger partial charge in [-0.05, 0) is 6.92 Å². The standard InChI is InChI=1S/C5H10NO/c1-4-5(2)6-7-3/h4H,1-3H3. The third kappa shape index (κ3) is 3.30.